The van der Waals surface area contributed by atoms with E-state index in [0.29, 0.717) is 19.6 Å². The van der Waals surface area contributed by atoms with Crippen LogP contribution in [0.15, 0.2) is 58.4 Å². The first-order valence-electron chi connectivity index (χ1n) is 8.61. The molecule has 0 bridgehead atoms. The number of hydrazone groups is 1. The molecular formula is C20H14N4O2S2. The van der Waals surface area contributed by atoms with Crippen LogP contribution in [0.1, 0.15) is 12.5 Å². The summed E-state index contributed by atoms with van der Waals surface area (Å²) in [7, 11) is 0. The van der Waals surface area contributed by atoms with Gasteiger partial charge >= 0.3 is 0 Å². The van der Waals surface area contributed by atoms with Gasteiger partial charge in [-0.15, -0.1) is 0 Å². The molecule has 0 N–H and O–H groups in total. The molecule has 8 heteroatoms. The summed E-state index contributed by atoms with van der Waals surface area (Å²) in [6.07, 6.45) is 0. The Labute approximate surface area is 167 Å². The first-order valence-corrected chi connectivity index (χ1v) is 10.2. The molecule has 0 saturated heterocycles. The van der Waals surface area contributed by atoms with Crippen LogP contribution in [0.4, 0.5) is 5.69 Å². The average Bonchev–Trinajstić information content (AvgIpc) is 3.35. The number of hydrogen-bond donors (Lipinski definition) is 0. The topological polar surface area (TPSA) is 67.0 Å². The minimum Gasteiger partial charge on any atom is -0.292 e. The Morgan fingerprint density at radius 1 is 1.07 bits per heavy atom. The normalized spacial score (nSPS) is 16.2. The molecule has 1 aliphatic heterocycles. The number of para-hydroxylation sites is 2. The molecule has 0 atom stereocenters. The summed E-state index contributed by atoms with van der Waals surface area (Å²) in [5.41, 5.74) is 3.35. The third-order valence-electron chi connectivity index (χ3n) is 4.47. The summed E-state index contributed by atoms with van der Waals surface area (Å²) in [4.78, 5) is 30.4. The lowest BCUT2D eigenvalue weighted by atomic mass is 10.2. The van der Waals surface area contributed by atoms with Crippen molar-refractivity contribution in [1.82, 2.24) is 9.38 Å². The number of carbonyl (C=O) groups excluding carboxylic acids is 1. The van der Waals surface area contributed by atoms with Gasteiger partial charge in [0.15, 0.2) is 15.8 Å². The number of fused-ring (bicyclic) bond motifs is 3. The van der Waals surface area contributed by atoms with E-state index in [1.54, 1.807) is 9.41 Å². The van der Waals surface area contributed by atoms with E-state index >= 15 is 0 Å². The number of carbonyl (C=O) groups is 1. The first kappa shape index (κ1) is 17.2. The number of anilines is 1. The summed E-state index contributed by atoms with van der Waals surface area (Å²) < 4.78 is 2.15. The molecule has 6 nitrogen and oxygen atoms in total. The highest BCUT2D eigenvalue weighted by atomic mass is 32.2. The monoisotopic (exact) mass is 406 g/mol. The van der Waals surface area contributed by atoms with Crippen LogP contribution in [-0.2, 0) is 4.79 Å². The Bertz CT molecular complexity index is 1400. The van der Waals surface area contributed by atoms with Crippen molar-refractivity contribution >= 4 is 60.6 Å². The second-order valence-corrected chi connectivity index (χ2v) is 8.43. The fourth-order valence-corrected chi connectivity index (χ4v) is 5.14. The van der Waals surface area contributed by atoms with E-state index in [-0.39, 0.29) is 11.3 Å². The van der Waals surface area contributed by atoms with Crippen molar-refractivity contribution in [3.05, 3.63) is 69.0 Å². The van der Waals surface area contributed by atoms with Gasteiger partial charge in [0.2, 0.25) is 0 Å². The quantitative estimate of drug-likeness (QED) is 0.512. The van der Waals surface area contributed by atoms with Crippen LogP contribution in [-0.4, -0.2) is 20.2 Å². The van der Waals surface area contributed by atoms with Crippen LogP contribution in [0, 0.1) is 6.92 Å². The maximum atomic E-state index is 13.2. The molecule has 1 aliphatic rings. The van der Waals surface area contributed by atoms with E-state index in [2.05, 4.69) is 10.1 Å². The Kier molecular flexibility index (Phi) is 3.85. The van der Waals surface area contributed by atoms with Gasteiger partial charge in [-0.25, -0.2) is 14.4 Å². The second-order valence-electron chi connectivity index (χ2n) is 6.47. The molecule has 0 amide bonds. The maximum absolute atomic E-state index is 13.2. The number of aromatic nitrogens is 2. The van der Waals surface area contributed by atoms with Crippen molar-refractivity contribution < 1.29 is 4.79 Å². The van der Waals surface area contributed by atoms with E-state index in [1.807, 2.05) is 55.5 Å². The second kappa shape index (κ2) is 6.29. The van der Waals surface area contributed by atoms with Gasteiger partial charge in [-0.2, -0.15) is 5.10 Å². The summed E-state index contributed by atoms with van der Waals surface area (Å²) in [5, 5.41) is 7.15. The Balaban J connectivity index is 1.79. The van der Waals surface area contributed by atoms with Gasteiger partial charge in [0.1, 0.15) is 9.56 Å². The minimum absolute atomic E-state index is 0.128. The molecule has 0 aliphatic carbocycles. The van der Waals surface area contributed by atoms with E-state index in [1.165, 1.54) is 30.0 Å². The summed E-state index contributed by atoms with van der Waals surface area (Å²) in [6, 6.07) is 15.4. The first-order chi connectivity index (χ1) is 13.5. The lowest BCUT2D eigenvalue weighted by Crippen LogP contribution is -2.28. The number of imidazole rings is 1. The highest BCUT2D eigenvalue weighted by Gasteiger charge is 2.28. The van der Waals surface area contributed by atoms with Gasteiger partial charge in [-0.05, 0) is 43.0 Å². The highest BCUT2D eigenvalue weighted by Crippen LogP contribution is 2.35. The Morgan fingerprint density at radius 3 is 2.57 bits per heavy atom. The van der Waals surface area contributed by atoms with Crippen LogP contribution in [0.2, 0.25) is 0 Å². The summed E-state index contributed by atoms with van der Waals surface area (Å²) >= 11 is 2.55. The highest BCUT2D eigenvalue weighted by molar-refractivity contribution is 8.23. The number of Topliss-reactive ketones (excluding diaryl/α,β-unsaturated/α-hetero) is 1. The zero-order chi connectivity index (χ0) is 19.4. The van der Waals surface area contributed by atoms with E-state index in [0.717, 1.165) is 22.3 Å². The van der Waals surface area contributed by atoms with Crippen LogP contribution >= 0.6 is 23.1 Å². The fraction of sp³-hybridized carbons (Fsp3) is 0.100. The van der Waals surface area contributed by atoms with Gasteiger partial charge in [0.25, 0.3) is 5.56 Å². The third-order valence-corrected chi connectivity index (χ3v) is 6.76. The van der Waals surface area contributed by atoms with Crippen molar-refractivity contribution in [3.8, 4) is 0 Å². The number of rotatable bonds is 2. The largest absolute Gasteiger partial charge is 0.292 e. The maximum Gasteiger partial charge on any atom is 0.277 e. The van der Waals surface area contributed by atoms with Crippen molar-refractivity contribution in [3.63, 3.8) is 0 Å². The van der Waals surface area contributed by atoms with E-state index < -0.39 is 0 Å². The summed E-state index contributed by atoms with van der Waals surface area (Å²) in [6.45, 7) is 3.49. The van der Waals surface area contributed by atoms with Crippen LogP contribution in [0.5, 0.6) is 0 Å². The van der Waals surface area contributed by atoms with Crippen molar-refractivity contribution in [2.75, 3.05) is 5.01 Å². The molecule has 4 aromatic rings. The lowest BCUT2D eigenvalue weighted by Gasteiger charge is -2.14. The zero-order valence-electron chi connectivity index (χ0n) is 15.0. The summed E-state index contributed by atoms with van der Waals surface area (Å²) in [5.74, 6) is -0.128. The number of hydrogen-bond acceptors (Lipinski definition) is 7. The molecule has 0 spiro atoms. The molecule has 0 unspecified atom stereocenters. The number of ketones is 1. The van der Waals surface area contributed by atoms with Crippen molar-refractivity contribution in [2.24, 2.45) is 5.10 Å². The predicted octanol–water partition coefficient (Wildman–Crippen LogP) is 3.16. The van der Waals surface area contributed by atoms with Gasteiger partial charge < -0.3 is 0 Å². The number of thiazole rings is 1. The average molecular weight is 406 g/mol. The van der Waals surface area contributed by atoms with Crippen LogP contribution in [0.3, 0.4) is 0 Å². The van der Waals surface area contributed by atoms with Crippen LogP contribution < -0.4 is 15.1 Å². The van der Waals surface area contributed by atoms with Crippen molar-refractivity contribution in [1.29, 1.82) is 0 Å². The zero-order valence-corrected chi connectivity index (χ0v) is 16.7. The molecule has 138 valence electrons. The number of thioether (sulfide) groups is 1. The molecule has 2 aromatic heterocycles. The fourth-order valence-electron chi connectivity index (χ4n) is 3.08. The van der Waals surface area contributed by atoms with Crippen LogP contribution in [0.25, 0.3) is 21.0 Å². The lowest BCUT2D eigenvalue weighted by molar-refractivity contribution is -0.110. The molecule has 5 rings (SSSR count). The van der Waals surface area contributed by atoms with Gasteiger partial charge in [0.05, 0.1) is 16.7 Å². The standard InChI is InChI=1S/C20H14N4O2S2/c1-11-7-9-13(10-8-11)24-19(28-17(22-24)12(2)25)16-18(26)23-15-6-4-3-5-14(15)21-20(23)27-16/h3-10H,1-2H3. The SMILES string of the molecule is CC(=O)C1=NN(c2ccc(C)cc2)C(=c2sc3nc4ccccc4n3c2=O)S1. The van der Waals surface area contributed by atoms with Crippen molar-refractivity contribution in [2.45, 2.75) is 13.8 Å². The Hall–Kier alpha value is -2.97. The third kappa shape index (κ3) is 2.56. The Morgan fingerprint density at radius 2 is 1.82 bits per heavy atom. The smallest absolute Gasteiger partial charge is 0.277 e. The van der Waals surface area contributed by atoms with Gasteiger partial charge in [0, 0.05) is 6.92 Å². The molecule has 0 saturated carbocycles. The molecule has 28 heavy (non-hydrogen) atoms. The molecule has 2 aromatic carbocycles. The number of benzene rings is 2. The number of nitrogens with zero attached hydrogens (tertiary/aromatic N) is 4. The van der Waals surface area contributed by atoms with E-state index in [4.69, 9.17) is 0 Å². The van der Waals surface area contributed by atoms with Gasteiger partial charge in [-0.3, -0.25) is 9.59 Å². The minimum atomic E-state index is -0.145. The molecular weight excluding hydrogens is 392 g/mol. The van der Waals surface area contributed by atoms with E-state index in [9.17, 15) is 9.59 Å². The molecule has 0 fully saturated rings. The molecule has 0 radical (unpaired) electrons. The molecule has 3 heterocycles. The van der Waals surface area contributed by atoms with Gasteiger partial charge in [-0.1, -0.05) is 41.2 Å². The predicted molar refractivity (Wildman–Crippen MR) is 115 cm³/mol. The number of aryl methyl sites for hydroxylation is 1.